The molecule has 3 aliphatic rings. The number of aromatic nitrogens is 2. The molecule has 0 radical (unpaired) electrons. The first kappa shape index (κ1) is 15.8. The molecule has 2 aliphatic heterocycles. The fourth-order valence-corrected chi connectivity index (χ4v) is 4.91. The summed E-state index contributed by atoms with van der Waals surface area (Å²) in [6, 6.07) is 9.04. The standard InChI is InChI=1S/C20H27N3O2/c1-2-4-19-17(3-1)13-21-23(19)18-7-10-22(15-18)14-16-5-8-20(9-6-16)24-11-12-25-20/h1-4,13,16,18H,5-12,14-15H2/t18-/m0/s1. The van der Waals surface area contributed by atoms with Gasteiger partial charge in [0.25, 0.3) is 0 Å². The molecule has 3 heterocycles. The van der Waals surface area contributed by atoms with Crippen LogP contribution < -0.4 is 0 Å². The Labute approximate surface area is 148 Å². The lowest BCUT2D eigenvalue weighted by Gasteiger charge is -2.36. The molecule has 1 aliphatic carbocycles. The van der Waals surface area contributed by atoms with Gasteiger partial charge in [-0.15, -0.1) is 0 Å². The summed E-state index contributed by atoms with van der Waals surface area (Å²) < 4.78 is 14.0. The van der Waals surface area contributed by atoms with Crippen molar-refractivity contribution in [1.29, 1.82) is 0 Å². The Balaban J connectivity index is 1.19. The van der Waals surface area contributed by atoms with Gasteiger partial charge in [-0.05, 0) is 31.2 Å². The third-order valence-corrected chi connectivity index (χ3v) is 6.30. The van der Waals surface area contributed by atoms with Gasteiger partial charge >= 0.3 is 0 Å². The first-order chi connectivity index (χ1) is 12.3. The smallest absolute Gasteiger partial charge is 0.168 e. The highest BCUT2D eigenvalue weighted by Crippen LogP contribution is 2.39. The average Bonchev–Trinajstić information content (AvgIpc) is 3.37. The van der Waals surface area contributed by atoms with Gasteiger partial charge in [-0.1, -0.05) is 18.2 Å². The molecule has 1 aromatic heterocycles. The normalized spacial score (nSPS) is 27.6. The molecule has 5 nitrogen and oxygen atoms in total. The maximum absolute atomic E-state index is 5.86. The third-order valence-electron chi connectivity index (χ3n) is 6.30. The van der Waals surface area contributed by atoms with E-state index >= 15 is 0 Å². The largest absolute Gasteiger partial charge is 0.348 e. The molecular formula is C20H27N3O2. The molecule has 5 heteroatoms. The summed E-state index contributed by atoms with van der Waals surface area (Å²) in [6.07, 6.45) is 7.80. The molecule has 1 saturated carbocycles. The van der Waals surface area contributed by atoms with E-state index in [0.29, 0.717) is 6.04 Å². The molecule has 1 aromatic carbocycles. The van der Waals surface area contributed by atoms with Crippen molar-refractivity contribution in [1.82, 2.24) is 14.7 Å². The van der Waals surface area contributed by atoms with Gasteiger partial charge in [-0.2, -0.15) is 5.10 Å². The minimum Gasteiger partial charge on any atom is -0.348 e. The number of ether oxygens (including phenoxy) is 2. The van der Waals surface area contributed by atoms with Gasteiger partial charge in [-0.25, -0.2) is 0 Å². The van der Waals surface area contributed by atoms with Crippen LogP contribution in [0.15, 0.2) is 30.5 Å². The van der Waals surface area contributed by atoms with Crippen molar-refractivity contribution in [3.8, 4) is 0 Å². The molecule has 25 heavy (non-hydrogen) atoms. The number of para-hydroxylation sites is 1. The Hall–Kier alpha value is -1.43. The van der Waals surface area contributed by atoms with E-state index in [-0.39, 0.29) is 5.79 Å². The molecule has 3 fully saturated rings. The summed E-state index contributed by atoms with van der Waals surface area (Å²) >= 11 is 0. The molecule has 5 rings (SSSR count). The van der Waals surface area contributed by atoms with Crippen LogP contribution in [-0.4, -0.2) is 53.3 Å². The zero-order valence-corrected chi connectivity index (χ0v) is 14.8. The summed E-state index contributed by atoms with van der Waals surface area (Å²) in [6.45, 7) is 5.08. The summed E-state index contributed by atoms with van der Waals surface area (Å²) in [5.74, 6) is 0.560. The van der Waals surface area contributed by atoms with E-state index in [9.17, 15) is 0 Å². The summed E-state index contributed by atoms with van der Waals surface area (Å²) in [5, 5.41) is 5.91. The first-order valence-corrected chi connectivity index (χ1v) is 9.74. The lowest BCUT2D eigenvalue weighted by atomic mass is 9.85. The molecule has 0 bridgehead atoms. The minimum atomic E-state index is -0.224. The second-order valence-electron chi connectivity index (χ2n) is 7.90. The SMILES string of the molecule is c1ccc2c(c1)cnn2[C@H]1CCN(CC2CCC3(CC2)OCCO3)C1. The van der Waals surface area contributed by atoms with Crippen molar-refractivity contribution in [2.45, 2.75) is 43.9 Å². The van der Waals surface area contributed by atoms with Crippen LogP contribution in [-0.2, 0) is 9.47 Å². The molecule has 0 N–H and O–H groups in total. The van der Waals surface area contributed by atoms with Crippen LogP contribution in [0.4, 0.5) is 0 Å². The Morgan fingerprint density at radius 1 is 1.08 bits per heavy atom. The second-order valence-corrected chi connectivity index (χ2v) is 7.90. The summed E-state index contributed by atoms with van der Waals surface area (Å²) in [7, 11) is 0. The van der Waals surface area contributed by atoms with Gasteiger partial charge in [0.2, 0.25) is 0 Å². The lowest BCUT2D eigenvalue weighted by Crippen LogP contribution is -2.38. The minimum absolute atomic E-state index is 0.224. The Morgan fingerprint density at radius 3 is 2.72 bits per heavy atom. The van der Waals surface area contributed by atoms with E-state index in [2.05, 4.69) is 38.9 Å². The number of nitrogens with zero attached hydrogens (tertiary/aromatic N) is 3. The number of likely N-dealkylation sites (tertiary alicyclic amines) is 1. The number of benzene rings is 1. The molecular weight excluding hydrogens is 314 g/mol. The van der Waals surface area contributed by atoms with Crippen molar-refractivity contribution in [2.75, 3.05) is 32.8 Å². The highest BCUT2D eigenvalue weighted by Gasteiger charge is 2.40. The van der Waals surface area contributed by atoms with Gasteiger partial charge < -0.3 is 14.4 Å². The number of rotatable bonds is 3. The van der Waals surface area contributed by atoms with Crippen molar-refractivity contribution in [3.63, 3.8) is 0 Å². The Kier molecular flexibility index (Phi) is 4.03. The van der Waals surface area contributed by atoms with E-state index in [1.807, 2.05) is 6.20 Å². The number of fused-ring (bicyclic) bond motifs is 1. The maximum Gasteiger partial charge on any atom is 0.168 e. The predicted molar refractivity (Wildman–Crippen MR) is 96.4 cm³/mol. The van der Waals surface area contributed by atoms with Crippen LogP contribution in [0.5, 0.6) is 0 Å². The summed E-state index contributed by atoms with van der Waals surface area (Å²) in [4.78, 5) is 2.64. The predicted octanol–water partition coefficient (Wildman–Crippen LogP) is 3.22. The molecule has 134 valence electrons. The monoisotopic (exact) mass is 341 g/mol. The molecule has 2 aromatic rings. The fraction of sp³-hybridized carbons (Fsp3) is 0.650. The van der Waals surface area contributed by atoms with Gasteiger partial charge in [0, 0.05) is 37.9 Å². The van der Waals surface area contributed by atoms with Gasteiger partial charge in [0.1, 0.15) is 0 Å². The Bertz CT molecular complexity index is 727. The van der Waals surface area contributed by atoms with Crippen LogP contribution in [0.25, 0.3) is 10.9 Å². The van der Waals surface area contributed by atoms with Gasteiger partial charge in [-0.3, -0.25) is 4.68 Å². The van der Waals surface area contributed by atoms with E-state index < -0.39 is 0 Å². The van der Waals surface area contributed by atoms with Crippen LogP contribution in [0.1, 0.15) is 38.1 Å². The highest BCUT2D eigenvalue weighted by atomic mass is 16.7. The zero-order chi connectivity index (χ0) is 16.7. The topological polar surface area (TPSA) is 39.5 Å². The average molecular weight is 341 g/mol. The van der Waals surface area contributed by atoms with Crippen molar-refractivity contribution >= 4 is 10.9 Å². The van der Waals surface area contributed by atoms with Gasteiger partial charge in [0.05, 0.1) is 31.0 Å². The van der Waals surface area contributed by atoms with Crippen LogP contribution >= 0.6 is 0 Å². The molecule has 1 atom stereocenters. The van der Waals surface area contributed by atoms with Gasteiger partial charge in [0.15, 0.2) is 5.79 Å². The summed E-state index contributed by atoms with van der Waals surface area (Å²) in [5.41, 5.74) is 1.27. The highest BCUT2D eigenvalue weighted by molar-refractivity contribution is 5.78. The zero-order valence-electron chi connectivity index (χ0n) is 14.8. The quantitative estimate of drug-likeness (QED) is 0.859. The van der Waals surface area contributed by atoms with Crippen LogP contribution in [0, 0.1) is 5.92 Å². The van der Waals surface area contributed by atoms with E-state index in [1.165, 1.54) is 43.3 Å². The van der Waals surface area contributed by atoms with Crippen molar-refractivity contribution in [3.05, 3.63) is 30.5 Å². The van der Waals surface area contributed by atoms with Crippen molar-refractivity contribution < 1.29 is 9.47 Å². The van der Waals surface area contributed by atoms with Crippen LogP contribution in [0.2, 0.25) is 0 Å². The number of hydrogen-bond donors (Lipinski definition) is 0. The molecule has 0 amide bonds. The second kappa shape index (κ2) is 6.38. The Morgan fingerprint density at radius 2 is 1.88 bits per heavy atom. The third kappa shape index (κ3) is 2.98. The van der Waals surface area contributed by atoms with E-state index in [4.69, 9.17) is 9.47 Å². The molecule has 0 unspecified atom stereocenters. The first-order valence-electron chi connectivity index (χ1n) is 9.74. The fourth-order valence-electron chi connectivity index (χ4n) is 4.91. The van der Waals surface area contributed by atoms with E-state index in [0.717, 1.165) is 38.5 Å². The number of hydrogen-bond acceptors (Lipinski definition) is 4. The molecule has 2 saturated heterocycles. The maximum atomic E-state index is 5.86. The molecule has 1 spiro atoms. The van der Waals surface area contributed by atoms with Crippen LogP contribution in [0.3, 0.4) is 0 Å². The lowest BCUT2D eigenvalue weighted by molar-refractivity contribution is -0.183. The van der Waals surface area contributed by atoms with E-state index in [1.54, 1.807) is 0 Å². The van der Waals surface area contributed by atoms with Crippen molar-refractivity contribution in [2.24, 2.45) is 5.92 Å².